The van der Waals surface area contributed by atoms with Gasteiger partial charge in [0.2, 0.25) is 0 Å². The number of nitrogens with one attached hydrogen (secondary N) is 1. The molecule has 3 aromatic rings. The van der Waals surface area contributed by atoms with Crippen LogP contribution in [-0.4, -0.2) is 31.2 Å². The molecule has 0 spiro atoms. The van der Waals surface area contributed by atoms with Crippen molar-refractivity contribution in [3.63, 3.8) is 0 Å². The van der Waals surface area contributed by atoms with E-state index in [0.29, 0.717) is 40.6 Å². The van der Waals surface area contributed by atoms with Crippen LogP contribution < -0.4 is 14.8 Å². The van der Waals surface area contributed by atoms with Crippen molar-refractivity contribution in [2.75, 3.05) is 19.5 Å². The van der Waals surface area contributed by atoms with Gasteiger partial charge in [0.25, 0.3) is 5.91 Å². The molecule has 0 radical (unpaired) electrons. The molecule has 0 saturated heterocycles. The Morgan fingerprint density at radius 2 is 1.70 bits per heavy atom. The lowest BCUT2D eigenvalue weighted by Gasteiger charge is -2.12. The van der Waals surface area contributed by atoms with E-state index in [4.69, 9.17) is 14.2 Å². The molecule has 1 atom stereocenters. The molecule has 30 heavy (non-hydrogen) atoms. The number of carbonyl (C=O) groups is 1. The Labute approximate surface area is 176 Å². The lowest BCUT2D eigenvalue weighted by molar-refractivity contribution is 0.102. The first-order valence-corrected chi connectivity index (χ1v) is 9.71. The van der Waals surface area contributed by atoms with Crippen molar-refractivity contribution in [1.29, 1.82) is 0 Å². The van der Waals surface area contributed by atoms with Gasteiger partial charge in [0, 0.05) is 37.0 Å². The van der Waals surface area contributed by atoms with Gasteiger partial charge >= 0.3 is 0 Å². The molecule has 0 aliphatic rings. The van der Waals surface area contributed by atoms with Crippen LogP contribution in [0.3, 0.4) is 0 Å². The maximum Gasteiger partial charge on any atom is 0.257 e. The van der Waals surface area contributed by atoms with Gasteiger partial charge in [0.15, 0.2) is 0 Å². The first-order chi connectivity index (χ1) is 14.5. The molecule has 1 heterocycles. The van der Waals surface area contributed by atoms with Gasteiger partial charge in [-0.1, -0.05) is 12.1 Å². The molecule has 0 saturated carbocycles. The number of ether oxygens (including phenoxy) is 3. The highest BCUT2D eigenvalue weighted by molar-refractivity contribution is 6.05. The Bertz CT molecular complexity index is 1020. The zero-order valence-corrected chi connectivity index (χ0v) is 17.6. The van der Waals surface area contributed by atoms with Crippen LogP contribution in [-0.2, 0) is 11.2 Å². The topological polar surface area (TPSA) is 69.7 Å². The number of benzene rings is 2. The number of hydrogen-bond acceptors (Lipinski definition) is 5. The van der Waals surface area contributed by atoms with Gasteiger partial charge < -0.3 is 19.5 Å². The van der Waals surface area contributed by atoms with Crippen molar-refractivity contribution in [2.45, 2.75) is 26.4 Å². The predicted octanol–water partition coefficient (Wildman–Crippen LogP) is 5.02. The number of anilines is 1. The molecule has 1 N–H and O–H groups in total. The second-order valence-electron chi connectivity index (χ2n) is 6.95. The lowest BCUT2D eigenvalue weighted by atomic mass is 10.1. The molecular weight excluding hydrogens is 380 g/mol. The smallest absolute Gasteiger partial charge is 0.257 e. The second kappa shape index (κ2) is 9.89. The van der Waals surface area contributed by atoms with E-state index >= 15 is 0 Å². The fraction of sp³-hybridized carbons (Fsp3) is 0.250. The molecule has 1 unspecified atom stereocenters. The number of aryl methyl sites for hydroxylation is 1. The summed E-state index contributed by atoms with van der Waals surface area (Å²) >= 11 is 0. The van der Waals surface area contributed by atoms with Crippen LogP contribution in [0.2, 0.25) is 0 Å². The van der Waals surface area contributed by atoms with Crippen LogP contribution in [0, 0.1) is 6.92 Å². The molecule has 0 aliphatic carbocycles. The molecule has 156 valence electrons. The van der Waals surface area contributed by atoms with Crippen LogP contribution in [0.15, 0.2) is 60.7 Å². The summed E-state index contributed by atoms with van der Waals surface area (Å²) in [7, 11) is 3.28. The Balaban J connectivity index is 1.70. The second-order valence-corrected chi connectivity index (χ2v) is 6.95. The number of pyridine rings is 1. The van der Waals surface area contributed by atoms with Crippen LogP contribution in [0.5, 0.6) is 17.2 Å². The lowest BCUT2D eigenvalue weighted by Crippen LogP contribution is -2.16. The summed E-state index contributed by atoms with van der Waals surface area (Å²) in [4.78, 5) is 17.3. The number of amides is 1. The first-order valence-electron chi connectivity index (χ1n) is 9.71. The normalized spacial score (nSPS) is 11.6. The SMILES string of the molecule is COc1cccc(Oc2cccc(NC(=O)c3ccc(CC(C)OC)nc3C)c2)c1. The van der Waals surface area contributed by atoms with E-state index in [1.807, 2.05) is 56.3 Å². The van der Waals surface area contributed by atoms with Gasteiger partial charge in [-0.05, 0) is 50.2 Å². The molecule has 0 bridgehead atoms. The first kappa shape index (κ1) is 21.3. The van der Waals surface area contributed by atoms with E-state index in [0.717, 1.165) is 5.69 Å². The van der Waals surface area contributed by atoms with Gasteiger partial charge in [0.05, 0.1) is 24.5 Å². The molecule has 6 heteroatoms. The molecule has 1 amide bonds. The highest BCUT2D eigenvalue weighted by atomic mass is 16.5. The zero-order valence-electron chi connectivity index (χ0n) is 17.6. The van der Waals surface area contributed by atoms with E-state index in [-0.39, 0.29) is 12.0 Å². The summed E-state index contributed by atoms with van der Waals surface area (Å²) < 4.78 is 16.4. The van der Waals surface area contributed by atoms with Crippen molar-refractivity contribution in [1.82, 2.24) is 4.98 Å². The Hall–Kier alpha value is -3.38. The highest BCUT2D eigenvalue weighted by Gasteiger charge is 2.13. The number of aromatic nitrogens is 1. The number of methoxy groups -OCH3 is 2. The van der Waals surface area contributed by atoms with E-state index in [1.165, 1.54) is 0 Å². The zero-order chi connectivity index (χ0) is 21.5. The standard InChI is InChI=1S/C24H26N2O4/c1-16(28-3)13-19-11-12-23(17(2)25-19)24(27)26-18-7-5-9-21(14-18)30-22-10-6-8-20(15-22)29-4/h5-12,14-16H,13H2,1-4H3,(H,26,27). The van der Waals surface area contributed by atoms with E-state index < -0.39 is 0 Å². The maximum atomic E-state index is 12.7. The monoisotopic (exact) mass is 406 g/mol. The van der Waals surface area contributed by atoms with Crippen LogP contribution in [0.4, 0.5) is 5.69 Å². The third-order valence-corrected chi connectivity index (χ3v) is 4.66. The maximum absolute atomic E-state index is 12.7. The number of carbonyl (C=O) groups excluding carboxylic acids is 1. The summed E-state index contributed by atoms with van der Waals surface area (Å²) in [5.74, 6) is 1.76. The average Bonchev–Trinajstić information content (AvgIpc) is 2.74. The molecule has 2 aromatic carbocycles. The van der Waals surface area contributed by atoms with Gasteiger partial charge in [-0.2, -0.15) is 0 Å². The summed E-state index contributed by atoms with van der Waals surface area (Å²) in [6, 6.07) is 18.2. The largest absolute Gasteiger partial charge is 0.497 e. The van der Waals surface area contributed by atoms with Crippen molar-refractivity contribution in [3.8, 4) is 17.2 Å². The number of hydrogen-bond donors (Lipinski definition) is 1. The van der Waals surface area contributed by atoms with E-state index in [9.17, 15) is 4.79 Å². The summed E-state index contributed by atoms with van der Waals surface area (Å²) in [5, 5.41) is 2.91. The van der Waals surface area contributed by atoms with Gasteiger partial charge in [0.1, 0.15) is 17.2 Å². The fourth-order valence-corrected chi connectivity index (χ4v) is 2.98. The average molecular weight is 406 g/mol. The Morgan fingerprint density at radius 1 is 1.00 bits per heavy atom. The van der Waals surface area contributed by atoms with Gasteiger partial charge in [-0.3, -0.25) is 9.78 Å². The minimum Gasteiger partial charge on any atom is -0.497 e. The Morgan fingerprint density at radius 3 is 2.40 bits per heavy atom. The van der Waals surface area contributed by atoms with E-state index in [1.54, 1.807) is 32.4 Å². The van der Waals surface area contributed by atoms with Gasteiger partial charge in [-0.25, -0.2) is 0 Å². The molecular formula is C24H26N2O4. The van der Waals surface area contributed by atoms with Crippen LogP contribution in [0.25, 0.3) is 0 Å². The number of rotatable bonds is 8. The Kier molecular flexibility index (Phi) is 7.03. The highest BCUT2D eigenvalue weighted by Crippen LogP contribution is 2.27. The molecule has 0 aliphatic heterocycles. The molecule has 0 fully saturated rings. The minimum absolute atomic E-state index is 0.0731. The van der Waals surface area contributed by atoms with Crippen molar-refractivity contribution < 1.29 is 19.0 Å². The third-order valence-electron chi connectivity index (χ3n) is 4.66. The molecule has 1 aromatic heterocycles. The quantitative estimate of drug-likeness (QED) is 0.569. The number of nitrogens with zero attached hydrogens (tertiary/aromatic N) is 1. The van der Waals surface area contributed by atoms with Crippen LogP contribution in [0.1, 0.15) is 28.7 Å². The predicted molar refractivity (Wildman–Crippen MR) is 117 cm³/mol. The third kappa shape index (κ3) is 5.58. The minimum atomic E-state index is -0.218. The van der Waals surface area contributed by atoms with Gasteiger partial charge in [-0.15, -0.1) is 0 Å². The summed E-state index contributed by atoms with van der Waals surface area (Å²) in [5.41, 5.74) is 2.74. The molecule has 6 nitrogen and oxygen atoms in total. The van der Waals surface area contributed by atoms with E-state index in [2.05, 4.69) is 10.3 Å². The summed E-state index contributed by atoms with van der Waals surface area (Å²) in [6.07, 6.45) is 0.770. The fourth-order valence-electron chi connectivity index (χ4n) is 2.98. The molecule has 3 rings (SSSR count). The van der Waals surface area contributed by atoms with Crippen molar-refractivity contribution >= 4 is 11.6 Å². The van der Waals surface area contributed by atoms with Crippen molar-refractivity contribution in [3.05, 3.63) is 77.6 Å². The van der Waals surface area contributed by atoms with Crippen LogP contribution >= 0.6 is 0 Å². The van der Waals surface area contributed by atoms with Crippen molar-refractivity contribution in [2.24, 2.45) is 0 Å². The summed E-state index contributed by atoms with van der Waals surface area (Å²) in [6.45, 7) is 3.82.